The van der Waals surface area contributed by atoms with E-state index in [9.17, 15) is 9.59 Å². The summed E-state index contributed by atoms with van der Waals surface area (Å²) in [6.45, 7) is 5.98. The molecule has 8 nitrogen and oxygen atoms in total. The highest BCUT2D eigenvalue weighted by Gasteiger charge is 2.24. The number of aromatic nitrogens is 2. The number of benzene rings is 2. The van der Waals surface area contributed by atoms with Crippen molar-refractivity contribution < 1.29 is 9.59 Å². The Morgan fingerprint density at radius 3 is 2.29 bits per heavy atom. The first-order chi connectivity index (χ1) is 16.3. The van der Waals surface area contributed by atoms with Crippen molar-refractivity contribution in [3.8, 4) is 5.69 Å². The van der Waals surface area contributed by atoms with E-state index in [4.69, 9.17) is 11.5 Å². The third kappa shape index (κ3) is 6.37. The SMILES string of the molecule is CCC(CC)NC(=O)c1cnn(-c2cc(C(=O)NC3CC3)ccc2C)c1N.Nc1ccccc1. The number of amides is 2. The summed E-state index contributed by atoms with van der Waals surface area (Å²) in [4.78, 5) is 24.9. The van der Waals surface area contributed by atoms with Crippen molar-refractivity contribution >= 4 is 23.3 Å². The third-order valence-corrected chi connectivity index (χ3v) is 5.78. The number of nitrogens with zero attached hydrogens (tertiary/aromatic N) is 2. The number of carbonyl (C=O) groups excluding carboxylic acids is 2. The second-order valence-electron chi connectivity index (χ2n) is 8.50. The highest BCUT2D eigenvalue weighted by atomic mass is 16.2. The quantitative estimate of drug-likeness (QED) is 0.397. The van der Waals surface area contributed by atoms with Crippen molar-refractivity contribution in [2.75, 3.05) is 11.5 Å². The number of carbonyl (C=O) groups is 2. The summed E-state index contributed by atoms with van der Waals surface area (Å²) in [6.07, 6.45) is 5.25. The molecule has 1 aliphatic rings. The molecule has 0 radical (unpaired) electrons. The minimum Gasteiger partial charge on any atom is -0.399 e. The topological polar surface area (TPSA) is 128 Å². The van der Waals surface area contributed by atoms with E-state index in [1.165, 1.54) is 10.9 Å². The Labute approximate surface area is 200 Å². The zero-order chi connectivity index (χ0) is 24.7. The summed E-state index contributed by atoms with van der Waals surface area (Å²) < 4.78 is 1.52. The highest BCUT2D eigenvalue weighted by Crippen LogP contribution is 2.23. The van der Waals surface area contributed by atoms with Gasteiger partial charge in [-0.25, -0.2) is 4.68 Å². The minimum atomic E-state index is -0.229. The zero-order valence-corrected chi connectivity index (χ0v) is 20.0. The molecule has 0 spiro atoms. The van der Waals surface area contributed by atoms with Gasteiger partial charge in [-0.05, 0) is 62.4 Å². The Balaban J connectivity index is 0.000000396. The number of rotatable bonds is 7. The molecule has 2 aromatic carbocycles. The lowest BCUT2D eigenvalue weighted by Gasteiger charge is -2.14. The molecule has 1 aliphatic carbocycles. The molecule has 6 N–H and O–H groups in total. The van der Waals surface area contributed by atoms with Gasteiger partial charge in [-0.1, -0.05) is 38.1 Å². The fourth-order valence-electron chi connectivity index (χ4n) is 3.41. The van der Waals surface area contributed by atoms with E-state index < -0.39 is 0 Å². The van der Waals surface area contributed by atoms with Gasteiger partial charge in [0.2, 0.25) is 0 Å². The van der Waals surface area contributed by atoms with Crippen LogP contribution in [-0.4, -0.2) is 33.7 Å². The van der Waals surface area contributed by atoms with E-state index in [1.807, 2.05) is 57.2 Å². The lowest BCUT2D eigenvalue weighted by atomic mass is 10.1. The predicted octanol–water partition coefficient (Wildman–Crippen LogP) is 3.84. The normalized spacial score (nSPS) is 12.6. The van der Waals surface area contributed by atoms with Gasteiger partial charge in [0.1, 0.15) is 11.4 Å². The number of para-hydroxylation sites is 1. The molecule has 8 heteroatoms. The molecule has 0 bridgehead atoms. The number of aryl methyl sites for hydroxylation is 1. The van der Waals surface area contributed by atoms with E-state index in [0.717, 1.165) is 36.9 Å². The fraction of sp³-hybridized carbons (Fsp3) is 0.346. The highest BCUT2D eigenvalue weighted by molar-refractivity contribution is 5.99. The van der Waals surface area contributed by atoms with Gasteiger partial charge in [0.25, 0.3) is 11.8 Å². The molecule has 1 saturated carbocycles. The molecular formula is C26H34N6O2. The number of nitrogens with one attached hydrogen (secondary N) is 2. The summed E-state index contributed by atoms with van der Waals surface area (Å²) in [5, 5.41) is 10.3. The lowest BCUT2D eigenvalue weighted by molar-refractivity contribution is 0.0932. The second kappa shape index (κ2) is 11.4. The van der Waals surface area contributed by atoms with Gasteiger partial charge < -0.3 is 22.1 Å². The maximum absolute atomic E-state index is 12.5. The summed E-state index contributed by atoms with van der Waals surface area (Å²) in [6, 6.07) is 15.3. The Hall–Kier alpha value is -3.81. The van der Waals surface area contributed by atoms with Gasteiger partial charge in [-0.15, -0.1) is 0 Å². The van der Waals surface area contributed by atoms with Crippen LogP contribution in [0.3, 0.4) is 0 Å². The smallest absolute Gasteiger partial charge is 0.256 e. The van der Waals surface area contributed by atoms with Crippen molar-refractivity contribution in [1.29, 1.82) is 0 Å². The molecule has 4 rings (SSSR count). The molecule has 180 valence electrons. The van der Waals surface area contributed by atoms with Crippen molar-refractivity contribution in [2.45, 2.75) is 58.5 Å². The van der Waals surface area contributed by atoms with Crippen LogP contribution in [0.4, 0.5) is 11.5 Å². The van der Waals surface area contributed by atoms with Crippen LogP contribution in [0.15, 0.2) is 54.7 Å². The van der Waals surface area contributed by atoms with Crippen LogP contribution in [-0.2, 0) is 0 Å². The number of nitrogens with two attached hydrogens (primary N) is 2. The van der Waals surface area contributed by atoms with Crippen LogP contribution in [0.2, 0.25) is 0 Å². The van der Waals surface area contributed by atoms with E-state index in [0.29, 0.717) is 16.8 Å². The van der Waals surface area contributed by atoms with Gasteiger partial charge in [-0.2, -0.15) is 5.10 Å². The molecule has 0 saturated heterocycles. The fourth-order valence-corrected chi connectivity index (χ4v) is 3.41. The average molecular weight is 463 g/mol. The standard InChI is InChI=1S/C20H27N5O2.C6H7N/c1-4-14(5-2)23-20(27)16-11-22-25(18(16)21)17-10-13(7-6-12(17)3)19(26)24-15-8-9-15;7-6-4-2-1-3-5-6/h6-7,10-11,14-15H,4-5,8-9,21H2,1-3H3,(H,23,27)(H,24,26);1-5H,7H2. The first kappa shape index (κ1) is 24.8. The molecule has 3 aromatic rings. The first-order valence-electron chi connectivity index (χ1n) is 11.7. The van der Waals surface area contributed by atoms with E-state index >= 15 is 0 Å². The van der Waals surface area contributed by atoms with Gasteiger partial charge in [0.05, 0.1) is 11.9 Å². The Bertz CT molecular complexity index is 1120. The lowest BCUT2D eigenvalue weighted by Crippen LogP contribution is -2.34. The molecule has 1 fully saturated rings. The molecular weight excluding hydrogens is 428 g/mol. The van der Waals surface area contributed by atoms with Crippen molar-refractivity contribution in [2.24, 2.45) is 0 Å². The monoisotopic (exact) mass is 462 g/mol. The van der Waals surface area contributed by atoms with Crippen molar-refractivity contribution in [3.63, 3.8) is 0 Å². The maximum atomic E-state index is 12.5. The molecule has 1 heterocycles. The number of hydrogen-bond donors (Lipinski definition) is 4. The van der Waals surface area contributed by atoms with Gasteiger partial charge >= 0.3 is 0 Å². The molecule has 0 unspecified atom stereocenters. The number of hydrogen-bond acceptors (Lipinski definition) is 5. The number of nitrogen functional groups attached to an aromatic ring is 2. The second-order valence-corrected chi connectivity index (χ2v) is 8.50. The predicted molar refractivity (Wildman–Crippen MR) is 136 cm³/mol. The van der Waals surface area contributed by atoms with Gasteiger partial charge in [-0.3, -0.25) is 9.59 Å². The van der Waals surface area contributed by atoms with Crippen molar-refractivity contribution in [1.82, 2.24) is 20.4 Å². The molecule has 2 amide bonds. The van der Waals surface area contributed by atoms with E-state index in [-0.39, 0.29) is 29.7 Å². The Morgan fingerprint density at radius 1 is 1.06 bits per heavy atom. The van der Waals surface area contributed by atoms with Crippen LogP contribution in [0, 0.1) is 6.92 Å². The summed E-state index contributed by atoms with van der Waals surface area (Å²) in [5.41, 5.74) is 14.9. The van der Waals surface area contributed by atoms with Crippen molar-refractivity contribution in [3.05, 3.63) is 71.4 Å². The van der Waals surface area contributed by atoms with Crippen LogP contribution in [0.25, 0.3) is 5.69 Å². The average Bonchev–Trinajstić information content (AvgIpc) is 3.57. The zero-order valence-electron chi connectivity index (χ0n) is 20.0. The summed E-state index contributed by atoms with van der Waals surface area (Å²) in [5.74, 6) is -0.0646. The largest absolute Gasteiger partial charge is 0.399 e. The Morgan fingerprint density at radius 2 is 1.74 bits per heavy atom. The van der Waals surface area contributed by atoms with Crippen LogP contribution in [0.1, 0.15) is 65.8 Å². The van der Waals surface area contributed by atoms with E-state index in [2.05, 4.69) is 15.7 Å². The van der Waals surface area contributed by atoms with Gasteiger partial charge in [0, 0.05) is 23.3 Å². The van der Waals surface area contributed by atoms with Crippen LogP contribution < -0.4 is 22.1 Å². The number of anilines is 2. The Kier molecular flexibility index (Phi) is 8.29. The molecule has 0 aliphatic heterocycles. The molecule has 34 heavy (non-hydrogen) atoms. The third-order valence-electron chi connectivity index (χ3n) is 5.78. The van der Waals surface area contributed by atoms with Gasteiger partial charge in [0.15, 0.2) is 0 Å². The molecule has 1 aromatic heterocycles. The minimum absolute atomic E-state index is 0.101. The first-order valence-corrected chi connectivity index (χ1v) is 11.7. The molecule has 0 atom stereocenters. The van der Waals surface area contributed by atoms with E-state index in [1.54, 1.807) is 12.1 Å². The maximum Gasteiger partial charge on any atom is 0.256 e. The van der Waals surface area contributed by atoms with Crippen LogP contribution in [0.5, 0.6) is 0 Å². The van der Waals surface area contributed by atoms with Crippen LogP contribution >= 0.6 is 0 Å². The summed E-state index contributed by atoms with van der Waals surface area (Å²) >= 11 is 0. The summed E-state index contributed by atoms with van der Waals surface area (Å²) in [7, 11) is 0.